The predicted octanol–water partition coefficient (Wildman–Crippen LogP) is 2.31. The minimum atomic E-state index is -0.00836. The van der Waals surface area contributed by atoms with Gasteiger partial charge in [0, 0.05) is 48.2 Å². The Morgan fingerprint density at radius 1 is 1.23 bits per heavy atom. The van der Waals surface area contributed by atoms with Crippen molar-refractivity contribution in [3.8, 4) is 0 Å². The number of amides is 1. The number of nitrogens with zero attached hydrogens (tertiary/aromatic N) is 3. The van der Waals surface area contributed by atoms with Gasteiger partial charge in [-0.1, -0.05) is 6.07 Å². The number of hydrogen-bond acceptors (Lipinski definition) is 4. The standard InChI is InChI=1S/C20H21N5O/c26-20(16-4-2-6-18-15(16)7-8-21-18)22-10-13-11-25(12-13)19-9-14-3-1-5-17(14)23-24-19/h2,4,6-9,13,21H,1,3,5,10-12H2,(H,22,26). The second kappa shape index (κ2) is 6.12. The van der Waals surface area contributed by atoms with Gasteiger partial charge in [0.1, 0.15) is 0 Å². The van der Waals surface area contributed by atoms with E-state index in [4.69, 9.17) is 0 Å². The van der Waals surface area contributed by atoms with Crippen LogP contribution >= 0.6 is 0 Å². The van der Waals surface area contributed by atoms with Crippen LogP contribution in [-0.2, 0) is 12.8 Å². The number of benzene rings is 1. The van der Waals surface area contributed by atoms with Gasteiger partial charge in [-0.3, -0.25) is 4.79 Å². The van der Waals surface area contributed by atoms with Crippen molar-refractivity contribution < 1.29 is 4.79 Å². The first kappa shape index (κ1) is 15.4. The van der Waals surface area contributed by atoms with Gasteiger partial charge in [-0.25, -0.2) is 0 Å². The maximum atomic E-state index is 12.5. The molecule has 6 nitrogen and oxygen atoms in total. The average Bonchev–Trinajstić information content (AvgIpc) is 3.28. The van der Waals surface area contributed by atoms with E-state index in [1.165, 1.54) is 12.0 Å². The molecule has 0 atom stereocenters. The summed E-state index contributed by atoms with van der Waals surface area (Å²) in [6, 6.07) is 9.90. The van der Waals surface area contributed by atoms with E-state index in [1.807, 2.05) is 30.5 Å². The molecular formula is C20H21N5O. The Kier molecular flexibility index (Phi) is 3.62. The lowest BCUT2D eigenvalue weighted by molar-refractivity contribution is 0.0946. The highest BCUT2D eigenvalue weighted by Gasteiger charge is 2.29. The van der Waals surface area contributed by atoms with E-state index in [0.29, 0.717) is 12.5 Å². The summed E-state index contributed by atoms with van der Waals surface area (Å²) in [5.74, 6) is 1.43. The molecule has 1 fully saturated rings. The zero-order valence-corrected chi connectivity index (χ0v) is 14.5. The van der Waals surface area contributed by atoms with Crippen LogP contribution < -0.4 is 10.2 Å². The minimum absolute atomic E-state index is 0.00836. The van der Waals surface area contributed by atoms with Crippen molar-refractivity contribution in [1.29, 1.82) is 0 Å². The topological polar surface area (TPSA) is 73.9 Å². The Hall–Kier alpha value is -2.89. The number of carbonyl (C=O) groups excluding carboxylic acids is 1. The number of aryl methyl sites for hydroxylation is 2. The summed E-state index contributed by atoms with van der Waals surface area (Å²) >= 11 is 0. The summed E-state index contributed by atoms with van der Waals surface area (Å²) in [4.78, 5) is 17.9. The molecule has 1 aliphatic carbocycles. The number of aromatic nitrogens is 3. The maximum Gasteiger partial charge on any atom is 0.251 e. The number of nitrogens with one attached hydrogen (secondary N) is 2. The Bertz CT molecular complexity index is 973. The van der Waals surface area contributed by atoms with E-state index in [0.717, 1.165) is 53.9 Å². The molecule has 1 aromatic carbocycles. The first-order valence-corrected chi connectivity index (χ1v) is 9.22. The largest absolute Gasteiger partial charge is 0.361 e. The van der Waals surface area contributed by atoms with Crippen LogP contribution in [0.4, 0.5) is 5.82 Å². The Morgan fingerprint density at radius 3 is 3.08 bits per heavy atom. The van der Waals surface area contributed by atoms with Crippen molar-refractivity contribution in [1.82, 2.24) is 20.5 Å². The number of hydrogen-bond donors (Lipinski definition) is 2. The molecule has 1 saturated heterocycles. The zero-order valence-electron chi connectivity index (χ0n) is 14.5. The summed E-state index contributed by atoms with van der Waals surface area (Å²) in [6.45, 7) is 2.53. The van der Waals surface area contributed by atoms with Crippen LogP contribution in [0.25, 0.3) is 10.9 Å². The first-order chi connectivity index (χ1) is 12.8. The van der Waals surface area contributed by atoms with Crippen LogP contribution in [0, 0.1) is 5.92 Å². The Morgan fingerprint density at radius 2 is 2.15 bits per heavy atom. The van der Waals surface area contributed by atoms with Gasteiger partial charge >= 0.3 is 0 Å². The predicted molar refractivity (Wildman–Crippen MR) is 100 cm³/mol. The van der Waals surface area contributed by atoms with E-state index in [2.05, 4.69) is 31.5 Å². The molecule has 0 spiro atoms. The molecule has 6 heteroatoms. The molecule has 0 bridgehead atoms. The third kappa shape index (κ3) is 2.62. The molecule has 0 radical (unpaired) electrons. The van der Waals surface area contributed by atoms with Crippen LogP contribution in [0.5, 0.6) is 0 Å². The lowest BCUT2D eigenvalue weighted by atomic mass is 9.99. The third-order valence-electron chi connectivity index (χ3n) is 5.48. The first-order valence-electron chi connectivity index (χ1n) is 9.22. The van der Waals surface area contributed by atoms with E-state index in [1.54, 1.807) is 0 Å². The molecule has 3 heterocycles. The molecule has 26 heavy (non-hydrogen) atoms. The van der Waals surface area contributed by atoms with Crippen LogP contribution in [0.15, 0.2) is 36.5 Å². The van der Waals surface area contributed by atoms with Crippen molar-refractivity contribution >= 4 is 22.6 Å². The fourth-order valence-electron chi connectivity index (χ4n) is 3.97. The molecule has 1 amide bonds. The number of carbonyl (C=O) groups is 1. The van der Waals surface area contributed by atoms with Gasteiger partial charge < -0.3 is 15.2 Å². The molecular weight excluding hydrogens is 326 g/mol. The number of rotatable bonds is 4. The molecule has 2 N–H and O–H groups in total. The molecule has 132 valence electrons. The van der Waals surface area contributed by atoms with Crippen LogP contribution in [0.2, 0.25) is 0 Å². The molecule has 3 aromatic rings. The molecule has 2 aromatic heterocycles. The maximum absolute atomic E-state index is 12.5. The molecule has 0 unspecified atom stereocenters. The van der Waals surface area contributed by atoms with Crippen molar-refractivity contribution in [2.75, 3.05) is 24.5 Å². The lowest BCUT2D eigenvalue weighted by Gasteiger charge is -2.40. The van der Waals surface area contributed by atoms with Gasteiger partial charge in [0.05, 0.1) is 5.69 Å². The quantitative estimate of drug-likeness (QED) is 0.760. The van der Waals surface area contributed by atoms with Gasteiger partial charge in [-0.15, -0.1) is 5.10 Å². The van der Waals surface area contributed by atoms with Crippen molar-refractivity contribution in [3.05, 3.63) is 53.3 Å². The van der Waals surface area contributed by atoms with Crippen LogP contribution in [0.1, 0.15) is 28.0 Å². The van der Waals surface area contributed by atoms with E-state index in [9.17, 15) is 4.79 Å². The summed E-state index contributed by atoms with van der Waals surface area (Å²) in [5, 5.41) is 12.8. The van der Waals surface area contributed by atoms with Crippen molar-refractivity contribution in [3.63, 3.8) is 0 Å². The van der Waals surface area contributed by atoms with Gasteiger partial charge in [0.15, 0.2) is 5.82 Å². The normalized spacial score (nSPS) is 16.5. The van der Waals surface area contributed by atoms with E-state index in [-0.39, 0.29) is 5.91 Å². The number of anilines is 1. The highest BCUT2D eigenvalue weighted by atomic mass is 16.1. The second-order valence-corrected chi connectivity index (χ2v) is 7.25. The number of aromatic amines is 1. The highest BCUT2D eigenvalue weighted by molar-refractivity contribution is 6.06. The van der Waals surface area contributed by atoms with Gasteiger partial charge in [0.2, 0.25) is 0 Å². The average molecular weight is 347 g/mol. The molecule has 1 aliphatic heterocycles. The summed E-state index contributed by atoms with van der Waals surface area (Å²) < 4.78 is 0. The molecule has 0 saturated carbocycles. The minimum Gasteiger partial charge on any atom is -0.361 e. The molecule has 5 rings (SSSR count). The van der Waals surface area contributed by atoms with Crippen LogP contribution in [-0.4, -0.2) is 40.7 Å². The Balaban J connectivity index is 1.18. The van der Waals surface area contributed by atoms with Gasteiger partial charge in [0.25, 0.3) is 5.91 Å². The van der Waals surface area contributed by atoms with Crippen molar-refractivity contribution in [2.45, 2.75) is 19.3 Å². The van der Waals surface area contributed by atoms with Crippen molar-refractivity contribution in [2.24, 2.45) is 5.92 Å². The molecule has 2 aliphatic rings. The van der Waals surface area contributed by atoms with Crippen LogP contribution in [0.3, 0.4) is 0 Å². The SMILES string of the molecule is O=C(NCC1CN(c2cc3c(nn2)CCC3)C1)c1cccc2[nH]ccc12. The zero-order chi connectivity index (χ0) is 17.5. The fourth-order valence-corrected chi connectivity index (χ4v) is 3.97. The Labute approximate surface area is 151 Å². The van der Waals surface area contributed by atoms with Gasteiger partial charge in [-0.2, -0.15) is 5.10 Å². The van der Waals surface area contributed by atoms with E-state index < -0.39 is 0 Å². The lowest BCUT2D eigenvalue weighted by Crippen LogP contribution is -2.52. The number of H-pyrrole nitrogens is 1. The summed E-state index contributed by atoms with van der Waals surface area (Å²) in [5.41, 5.74) is 4.23. The number of fused-ring (bicyclic) bond motifs is 2. The second-order valence-electron chi connectivity index (χ2n) is 7.25. The summed E-state index contributed by atoms with van der Waals surface area (Å²) in [6.07, 6.45) is 5.24. The fraction of sp³-hybridized carbons (Fsp3) is 0.350. The summed E-state index contributed by atoms with van der Waals surface area (Å²) in [7, 11) is 0. The van der Waals surface area contributed by atoms with E-state index >= 15 is 0 Å². The highest BCUT2D eigenvalue weighted by Crippen LogP contribution is 2.27. The monoisotopic (exact) mass is 347 g/mol. The van der Waals surface area contributed by atoms with Gasteiger partial charge in [-0.05, 0) is 49.1 Å². The third-order valence-corrected chi connectivity index (χ3v) is 5.48. The smallest absolute Gasteiger partial charge is 0.251 e.